The second-order valence-electron chi connectivity index (χ2n) is 6.12. The molecule has 5 nitrogen and oxygen atoms in total. The van der Waals surface area contributed by atoms with Gasteiger partial charge in [0.15, 0.2) is 0 Å². The first-order valence-corrected chi connectivity index (χ1v) is 9.53. The van der Waals surface area contributed by atoms with Crippen LogP contribution in [-0.4, -0.2) is 32.4 Å². The third kappa shape index (κ3) is 3.45. The Kier molecular flexibility index (Phi) is 4.70. The Morgan fingerprint density at radius 3 is 2.64 bits per heavy atom. The molecule has 122 valence electrons. The smallest absolute Gasteiger partial charge is 0.279 e. The fourth-order valence-corrected chi connectivity index (χ4v) is 4.59. The zero-order valence-corrected chi connectivity index (χ0v) is 13.9. The van der Waals surface area contributed by atoms with E-state index < -0.39 is 10.2 Å². The van der Waals surface area contributed by atoms with E-state index in [9.17, 15) is 8.42 Å². The van der Waals surface area contributed by atoms with E-state index in [4.69, 9.17) is 4.74 Å². The van der Waals surface area contributed by atoms with Gasteiger partial charge in [0.1, 0.15) is 5.75 Å². The highest BCUT2D eigenvalue weighted by atomic mass is 32.2. The predicted octanol–water partition coefficient (Wildman–Crippen LogP) is 2.39. The van der Waals surface area contributed by atoms with Crippen molar-refractivity contribution in [3.05, 3.63) is 29.3 Å². The molecule has 1 N–H and O–H groups in total. The van der Waals surface area contributed by atoms with E-state index in [0.29, 0.717) is 19.7 Å². The molecule has 1 aromatic carbocycles. The fourth-order valence-electron chi connectivity index (χ4n) is 3.12. The van der Waals surface area contributed by atoms with Crippen LogP contribution < -0.4 is 9.46 Å². The Hall–Kier alpha value is -1.11. The minimum absolute atomic E-state index is 0.237. The Bertz CT molecular complexity index is 622. The largest absolute Gasteiger partial charge is 0.493 e. The molecule has 0 bridgehead atoms. The molecular formula is C16H24N2O3S. The van der Waals surface area contributed by atoms with Crippen LogP contribution in [0.1, 0.15) is 49.8 Å². The first kappa shape index (κ1) is 15.8. The maximum Gasteiger partial charge on any atom is 0.279 e. The number of hydrogen-bond acceptors (Lipinski definition) is 3. The van der Waals surface area contributed by atoms with E-state index in [0.717, 1.165) is 43.4 Å². The van der Waals surface area contributed by atoms with Gasteiger partial charge in [-0.25, -0.2) is 0 Å². The monoisotopic (exact) mass is 324 g/mol. The van der Waals surface area contributed by atoms with Crippen molar-refractivity contribution < 1.29 is 13.2 Å². The number of nitrogens with one attached hydrogen (secondary N) is 1. The first-order chi connectivity index (χ1) is 10.6. The summed E-state index contributed by atoms with van der Waals surface area (Å²) in [6.07, 6.45) is 5.03. The second-order valence-corrected chi connectivity index (χ2v) is 7.83. The van der Waals surface area contributed by atoms with Crippen molar-refractivity contribution in [3.8, 4) is 5.75 Å². The maximum atomic E-state index is 12.5. The van der Waals surface area contributed by atoms with Crippen molar-refractivity contribution in [2.24, 2.45) is 0 Å². The zero-order chi connectivity index (χ0) is 15.6. The predicted molar refractivity (Wildman–Crippen MR) is 86.2 cm³/mol. The molecule has 1 atom stereocenters. The van der Waals surface area contributed by atoms with E-state index in [1.807, 2.05) is 19.1 Å². The van der Waals surface area contributed by atoms with E-state index in [2.05, 4.69) is 10.8 Å². The van der Waals surface area contributed by atoms with Crippen molar-refractivity contribution in [1.82, 2.24) is 9.03 Å². The summed E-state index contributed by atoms with van der Waals surface area (Å²) >= 11 is 0. The number of rotatable bonds is 4. The molecule has 2 aliphatic rings. The maximum absolute atomic E-state index is 12.5. The van der Waals surface area contributed by atoms with Gasteiger partial charge >= 0.3 is 0 Å². The van der Waals surface area contributed by atoms with Crippen LogP contribution in [-0.2, 0) is 16.6 Å². The highest BCUT2D eigenvalue weighted by molar-refractivity contribution is 7.87. The van der Waals surface area contributed by atoms with E-state index in [1.165, 1.54) is 5.56 Å². The molecule has 1 saturated heterocycles. The summed E-state index contributed by atoms with van der Waals surface area (Å²) in [6, 6.07) is 5.70. The average molecular weight is 324 g/mol. The van der Waals surface area contributed by atoms with Crippen LogP contribution in [0.4, 0.5) is 0 Å². The van der Waals surface area contributed by atoms with E-state index in [1.54, 1.807) is 4.31 Å². The van der Waals surface area contributed by atoms with Gasteiger partial charge in [-0.2, -0.15) is 17.4 Å². The molecule has 2 aliphatic heterocycles. The van der Waals surface area contributed by atoms with Gasteiger partial charge in [0.05, 0.1) is 6.61 Å². The number of nitrogens with zero attached hydrogens (tertiary/aromatic N) is 1. The number of ether oxygens (including phenoxy) is 1. The molecule has 0 spiro atoms. The standard InChI is InChI=1S/C16H24N2O3S/c1-13(14-6-7-16-15(12-14)8-11-21-16)17-22(19,20)18-9-4-2-3-5-10-18/h6-7,12-13,17H,2-5,8-11H2,1H3/t13-/m0/s1. The molecule has 0 amide bonds. The summed E-state index contributed by atoms with van der Waals surface area (Å²) in [6.45, 7) is 3.86. The van der Waals surface area contributed by atoms with Gasteiger partial charge in [-0.05, 0) is 37.0 Å². The van der Waals surface area contributed by atoms with E-state index in [-0.39, 0.29) is 6.04 Å². The number of hydrogen-bond donors (Lipinski definition) is 1. The highest BCUT2D eigenvalue weighted by Crippen LogP contribution is 2.28. The first-order valence-electron chi connectivity index (χ1n) is 8.09. The molecule has 3 rings (SSSR count). The normalized spacial score (nSPS) is 21.0. The lowest BCUT2D eigenvalue weighted by molar-refractivity contribution is 0.357. The van der Waals surface area contributed by atoms with Crippen LogP contribution in [0.3, 0.4) is 0 Å². The van der Waals surface area contributed by atoms with Crippen molar-refractivity contribution in [2.45, 2.75) is 45.1 Å². The molecule has 2 heterocycles. The average Bonchev–Trinajstić information content (AvgIpc) is 2.77. The molecule has 0 radical (unpaired) electrons. The van der Waals surface area contributed by atoms with Gasteiger partial charge in [0.2, 0.25) is 0 Å². The summed E-state index contributed by atoms with van der Waals surface area (Å²) < 4.78 is 35.0. The van der Waals surface area contributed by atoms with Crippen molar-refractivity contribution in [1.29, 1.82) is 0 Å². The Morgan fingerprint density at radius 2 is 1.91 bits per heavy atom. The van der Waals surface area contributed by atoms with E-state index >= 15 is 0 Å². The summed E-state index contributed by atoms with van der Waals surface area (Å²) in [7, 11) is -3.42. The van der Waals surface area contributed by atoms with Crippen LogP contribution >= 0.6 is 0 Å². The summed E-state index contributed by atoms with van der Waals surface area (Å²) in [5, 5.41) is 0. The summed E-state index contributed by atoms with van der Waals surface area (Å²) in [4.78, 5) is 0. The minimum Gasteiger partial charge on any atom is -0.493 e. The van der Waals surface area contributed by atoms with Crippen LogP contribution in [0, 0.1) is 0 Å². The fraction of sp³-hybridized carbons (Fsp3) is 0.625. The molecule has 0 unspecified atom stereocenters. The molecular weight excluding hydrogens is 300 g/mol. The number of fused-ring (bicyclic) bond motifs is 1. The van der Waals surface area contributed by atoms with Crippen LogP contribution in [0.15, 0.2) is 18.2 Å². The van der Waals surface area contributed by atoms with Crippen molar-refractivity contribution >= 4 is 10.2 Å². The minimum atomic E-state index is -3.42. The molecule has 0 saturated carbocycles. The quantitative estimate of drug-likeness (QED) is 0.925. The lowest BCUT2D eigenvalue weighted by Gasteiger charge is -2.23. The van der Waals surface area contributed by atoms with Gasteiger partial charge in [0.25, 0.3) is 10.2 Å². The van der Waals surface area contributed by atoms with Gasteiger partial charge < -0.3 is 4.74 Å². The molecule has 0 aromatic heterocycles. The zero-order valence-electron chi connectivity index (χ0n) is 13.0. The summed E-state index contributed by atoms with van der Waals surface area (Å²) in [5.74, 6) is 0.923. The van der Waals surface area contributed by atoms with Crippen LogP contribution in [0.25, 0.3) is 0 Å². The molecule has 22 heavy (non-hydrogen) atoms. The van der Waals surface area contributed by atoms with Gasteiger partial charge in [-0.1, -0.05) is 25.0 Å². The molecule has 1 fully saturated rings. The topological polar surface area (TPSA) is 58.6 Å². The third-order valence-electron chi connectivity index (χ3n) is 4.44. The molecule has 6 heteroatoms. The van der Waals surface area contributed by atoms with Crippen LogP contribution in [0.2, 0.25) is 0 Å². The van der Waals surface area contributed by atoms with Gasteiger partial charge in [-0.3, -0.25) is 0 Å². The molecule has 1 aromatic rings. The van der Waals surface area contributed by atoms with Crippen LogP contribution in [0.5, 0.6) is 5.75 Å². The van der Waals surface area contributed by atoms with Crippen molar-refractivity contribution in [3.63, 3.8) is 0 Å². The van der Waals surface area contributed by atoms with Gasteiger partial charge in [0, 0.05) is 25.6 Å². The highest BCUT2D eigenvalue weighted by Gasteiger charge is 2.25. The lowest BCUT2D eigenvalue weighted by atomic mass is 10.0. The third-order valence-corrected chi connectivity index (χ3v) is 6.14. The Labute approximate surface area is 132 Å². The van der Waals surface area contributed by atoms with Gasteiger partial charge in [-0.15, -0.1) is 0 Å². The number of benzene rings is 1. The molecule has 0 aliphatic carbocycles. The summed E-state index contributed by atoms with van der Waals surface area (Å²) in [5.41, 5.74) is 2.15. The lowest BCUT2D eigenvalue weighted by Crippen LogP contribution is -2.42. The van der Waals surface area contributed by atoms with Crippen molar-refractivity contribution in [2.75, 3.05) is 19.7 Å². The Morgan fingerprint density at radius 1 is 1.18 bits per heavy atom. The SMILES string of the molecule is C[C@H](NS(=O)(=O)N1CCCCCC1)c1ccc2c(c1)CCO2. The Balaban J connectivity index is 1.71. The second kappa shape index (κ2) is 6.56.